The molecule has 1 aromatic carbocycles. The monoisotopic (exact) mass is 229 g/mol. The normalized spacial score (nSPS) is 11.1. The van der Waals surface area contributed by atoms with Crippen molar-refractivity contribution in [2.75, 3.05) is 0 Å². The maximum absolute atomic E-state index is 12.0. The molecular formula is C12H7NO4. The Morgan fingerprint density at radius 3 is 2.82 bits per heavy atom. The van der Waals surface area contributed by atoms with Crippen LogP contribution in [0.2, 0.25) is 0 Å². The molecule has 0 spiro atoms. The van der Waals surface area contributed by atoms with Crippen LogP contribution in [0.1, 0.15) is 0 Å². The largest absolute Gasteiger partial charge is 0.618 e. The standard InChI is InChI=1S/C12H7NO4/c14-7-5-9(15)12-11(6-7)17-10-4-2-1-3-8(10)13(12)16/h1-6,15H. The van der Waals surface area contributed by atoms with E-state index >= 15 is 0 Å². The van der Waals surface area contributed by atoms with E-state index in [1.807, 2.05) is 0 Å². The zero-order chi connectivity index (χ0) is 12.0. The Labute approximate surface area is 95.1 Å². The van der Waals surface area contributed by atoms with Crippen molar-refractivity contribution in [3.05, 3.63) is 51.8 Å². The van der Waals surface area contributed by atoms with Gasteiger partial charge in [-0.1, -0.05) is 12.1 Å². The summed E-state index contributed by atoms with van der Waals surface area (Å²) in [4.78, 5) is 11.2. The van der Waals surface area contributed by atoms with Gasteiger partial charge in [0, 0.05) is 18.2 Å². The minimum Gasteiger partial charge on any atom is -0.618 e. The number of fused-ring (bicyclic) bond motifs is 2. The lowest BCUT2D eigenvalue weighted by atomic mass is 10.2. The predicted octanol–water partition coefficient (Wildman–Crippen LogP) is 1.24. The van der Waals surface area contributed by atoms with E-state index in [0.717, 1.165) is 6.07 Å². The molecule has 1 N–H and O–H groups in total. The van der Waals surface area contributed by atoms with Gasteiger partial charge in [0.25, 0.3) is 5.52 Å². The molecule has 0 unspecified atom stereocenters. The van der Waals surface area contributed by atoms with E-state index in [4.69, 9.17) is 4.42 Å². The number of rotatable bonds is 0. The highest BCUT2D eigenvalue weighted by Gasteiger charge is 2.23. The van der Waals surface area contributed by atoms with E-state index in [1.165, 1.54) is 6.07 Å². The molecule has 0 atom stereocenters. The molecular weight excluding hydrogens is 222 g/mol. The molecule has 2 aliphatic rings. The molecule has 1 heterocycles. The summed E-state index contributed by atoms with van der Waals surface area (Å²) < 4.78 is 5.97. The van der Waals surface area contributed by atoms with E-state index in [9.17, 15) is 15.1 Å². The highest BCUT2D eigenvalue weighted by atomic mass is 16.5. The van der Waals surface area contributed by atoms with Crippen LogP contribution in [-0.2, 0) is 0 Å². The molecule has 1 aliphatic heterocycles. The lowest BCUT2D eigenvalue weighted by molar-refractivity contribution is -0.567. The third kappa shape index (κ3) is 1.32. The minimum absolute atomic E-state index is 0.0386. The topological polar surface area (TPSA) is 77.4 Å². The third-order valence-corrected chi connectivity index (χ3v) is 2.54. The number of nitrogens with zero attached hydrogens (tertiary/aromatic N) is 1. The zero-order valence-electron chi connectivity index (χ0n) is 8.58. The van der Waals surface area contributed by atoms with E-state index in [2.05, 4.69) is 0 Å². The predicted molar refractivity (Wildman–Crippen MR) is 59.7 cm³/mol. The second-order valence-electron chi connectivity index (χ2n) is 3.65. The fourth-order valence-electron chi connectivity index (χ4n) is 1.80. The number of para-hydroxylation sites is 2. The molecule has 17 heavy (non-hydrogen) atoms. The van der Waals surface area contributed by atoms with Crippen LogP contribution in [0.5, 0.6) is 5.75 Å². The van der Waals surface area contributed by atoms with Gasteiger partial charge < -0.3 is 14.7 Å². The van der Waals surface area contributed by atoms with Crippen LogP contribution in [0.3, 0.4) is 0 Å². The second-order valence-corrected chi connectivity index (χ2v) is 3.65. The van der Waals surface area contributed by atoms with Crippen molar-refractivity contribution in [2.24, 2.45) is 0 Å². The molecule has 0 fully saturated rings. The summed E-state index contributed by atoms with van der Waals surface area (Å²) in [5.74, 6) is -0.305. The van der Waals surface area contributed by atoms with Gasteiger partial charge in [-0.05, 0) is 6.07 Å². The van der Waals surface area contributed by atoms with Gasteiger partial charge in [0.05, 0.1) is 0 Å². The van der Waals surface area contributed by atoms with Crippen molar-refractivity contribution in [1.82, 2.24) is 0 Å². The third-order valence-electron chi connectivity index (χ3n) is 2.54. The quantitative estimate of drug-likeness (QED) is 0.357. The average Bonchev–Trinajstić information content (AvgIpc) is 2.28. The number of aromatic hydroxyl groups is 1. The van der Waals surface area contributed by atoms with Crippen molar-refractivity contribution in [3.63, 3.8) is 0 Å². The number of hydrogen-bond donors (Lipinski definition) is 1. The molecule has 1 aromatic rings. The van der Waals surface area contributed by atoms with E-state index in [0.29, 0.717) is 15.8 Å². The molecule has 1 aliphatic carbocycles. The average molecular weight is 229 g/mol. The van der Waals surface area contributed by atoms with Crippen molar-refractivity contribution < 1.29 is 14.3 Å². The Kier molecular flexibility index (Phi) is 1.82. The summed E-state index contributed by atoms with van der Waals surface area (Å²) in [6, 6.07) is 8.78. The Morgan fingerprint density at radius 2 is 2.00 bits per heavy atom. The molecule has 0 aromatic heterocycles. The first-order valence-corrected chi connectivity index (χ1v) is 4.95. The number of phenolic OH excluding ortho intramolecular Hbond substituents is 1. The molecule has 84 valence electrons. The molecule has 0 amide bonds. The maximum atomic E-state index is 12.0. The summed E-state index contributed by atoms with van der Waals surface area (Å²) in [5.41, 5.74) is 0.214. The van der Waals surface area contributed by atoms with Gasteiger partial charge >= 0.3 is 5.69 Å². The fraction of sp³-hybridized carbons (Fsp3) is 0. The van der Waals surface area contributed by atoms with E-state index < -0.39 is 5.43 Å². The van der Waals surface area contributed by atoms with Crippen LogP contribution >= 0.6 is 0 Å². The van der Waals surface area contributed by atoms with Crippen molar-refractivity contribution in [2.45, 2.75) is 0 Å². The lowest BCUT2D eigenvalue weighted by Crippen LogP contribution is -2.31. The Bertz CT molecular complexity index is 747. The smallest absolute Gasteiger partial charge is 0.302 e. The van der Waals surface area contributed by atoms with Crippen molar-refractivity contribution in [3.8, 4) is 17.2 Å². The van der Waals surface area contributed by atoms with E-state index in [-0.39, 0.29) is 17.2 Å². The van der Waals surface area contributed by atoms with Gasteiger partial charge in [-0.2, -0.15) is 4.73 Å². The molecule has 5 nitrogen and oxygen atoms in total. The maximum Gasteiger partial charge on any atom is 0.302 e. The van der Waals surface area contributed by atoms with Gasteiger partial charge in [-0.15, -0.1) is 0 Å². The van der Waals surface area contributed by atoms with Gasteiger partial charge in [0.1, 0.15) is 0 Å². The minimum atomic E-state index is -0.408. The van der Waals surface area contributed by atoms with Crippen LogP contribution < -0.4 is 10.2 Å². The summed E-state index contributed by atoms with van der Waals surface area (Å²) in [7, 11) is 0. The molecule has 0 saturated heterocycles. The molecule has 0 saturated carbocycles. The second kappa shape index (κ2) is 3.21. The molecule has 0 bridgehead atoms. The highest BCUT2D eigenvalue weighted by molar-refractivity contribution is 5.73. The van der Waals surface area contributed by atoms with Crippen LogP contribution in [-0.4, -0.2) is 5.11 Å². The number of hydrogen-bond acceptors (Lipinski definition) is 4. The summed E-state index contributed by atoms with van der Waals surface area (Å²) in [6.45, 7) is 0. The zero-order valence-corrected chi connectivity index (χ0v) is 8.58. The summed E-state index contributed by atoms with van der Waals surface area (Å²) in [6.07, 6.45) is 0. The van der Waals surface area contributed by atoms with Gasteiger partial charge in [-0.3, -0.25) is 4.79 Å². The van der Waals surface area contributed by atoms with Gasteiger partial charge in [-0.25, -0.2) is 0 Å². The Balaban J connectivity index is 2.60. The highest BCUT2D eigenvalue weighted by Crippen LogP contribution is 2.28. The Morgan fingerprint density at radius 1 is 1.24 bits per heavy atom. The first kappa shape index (κ1) is 9.65. The van der Waals surface area contributed by atoms with Gasteiger partial charge in [0.2, 0.25) is 5.76 Å². The van der Waals surface area contributed by atoms with Crippen LogP contribution in [0.15, 0.2) is 45.6 Å². The first-order valence-electron chi connectivity index (χ1n) is 4.95. The van der Waals surface area contributed by atoms with Gasteiger partial charge in [0.15, 0.2) is 16.8 Å². The van der Waals surface area contributed by atoms with E-state index in [1.54, 1.807) is 24.3 Å². The van der Waals surface area contributed by atoms with Crippen LogP contribution in [0.25, 0.3) is 22.6 Å². The molecule has 0 radical (unpaired) electrons. The van der Waals surface area contributed by atoms with Crippen LogP contribution in [0.4, 0.5) is 0 Å². The van der Waals surface area contributed by atoms with Crippen LogP contribution in [0, 0.1) is 5.21 Å². The van der Waals surface area contributed by atoms with Crippen molar-refractivity contribution in [1.29, 1.82) is 0 Å². The lowest BCUT2D eigenvalue weighted by Gasteiger charge is -2.09. The number of phenols is 1. The number of aromatic nitrogens is 1. The summed E-state index contributed by atoms with van der Waals surface area (Å²) >= 11 is 0. The fourth-order valence-corrected chi connectivity index (χ4v) is 1.80. The Hall–Kier alpha value is -2.56. The molecule has 5 heteroatoms. The first-order chi connectivity index (χ1) is 8.16. The molecule has 3 rings (SSSR count). The number of benzene rings is 2. The van der Waals surface area contributed by atoms with Crippen molar-refractivity contribution >= 4 is 11.1 Å². The SMILES string of the molecule is O=c1cc2oc3ccccc3[n+]([O-])c-2c(O)c1. The summed E-state index contributed by atoms with van der Waals surface area (Å²) in [5, 5.41) is 21.6.